The van der Waals surface area contributed by atoms with Gasteiger partial charge < -0.3 is 10.0 Å². The first kappa shape index (κ1) is 14.9. The van der Waals surface area contributed by atoms with Crippen LogP contribution in [0.15, 0.2) is 0 Å². The number of carboxylic acid groups (broad SMARTS) is 1. The van der Waals surface area contributed by atoms with Crippen molar-refractivity contribution >= 4 is 5.97 Å². The Morgan fingerprint density at radius 3 is 2.44 bits per heavy atom. The summed E-state index contributed by atoms with van der Waals surface area (Å²) in [5, 5.41) is 17.3. The summed E-state index contributed by atoms with van der Waals surface area (Å²) in [6.07, 6.45) is 2.78. The number of nitrogens with zero attached hydrogens (tertiary/aromatic N) is 2. The van der Waals surface area contributed by atoms with Crippen LogP contribution in [0.5, 0.6) is 0 Å². The largest absolute Gasteiger partial charge is 0.481 e. The van der Waals surface area contributed by atoms with E-state index in [9.17, 15) is 4.79 Å². The number of hydrogen-bond donors (Lipinski definition) is 1. The molecule has 0 saturated carbocycles. The molecule has 0 unspecified atom stereocenters. The molecule has 0 aromatic rings. The van der Waals surface area contributed by atoms with Crippen molar-refractivity contribution in [3.8, 4) is 6.07 Å². The molecule has 0 aromatic heterocycles. The molecular formula is C12H22N2O2. The maximum Gasteiger partial charge on any atom is 0.303 e. The van der Waals surface area contributed by atoms with Crippen LogP contribution in [0.2, 0.25) is 0 Å². The smallest absolute Gasteiger partial charge is 0.303 e. The normalized spacial score (nSPS) is 11.4. The number of aliphatic carboxylic acids is 1. The summed E-state index contributed by atoms with van der Waals surface area (Å²) >= 11 is 0. The first-order valence-corrected chi connectivity index (χ1v) is 5.69. The summed E-state index contributed by atoms with van der Waals surface area (Å²) < 4.78 is 0. The fourth-order valence-electron chi connectivity index (χ4n) is 1.46. The van der Waals surface area contributed by atoms with Gasteiger partial charge in [-0.15, -0.1) is 0 Å². The Morgan fingerprint density at radius 1 is 1.38 bits per heavy atom. The van der Waals surface area contributed by atoms with E-state index in [1.807, 2.05) is 20.9 Å². The van der Waals surface area contributed by atoms with Crippen LogP contribution >= 0.6 is 0 Å². The zero-order chi connectivity index (χ0) is 12.6. The minimum Gasteiger partial charge on any atom is -0.481 e. The molecular weight excluding hydrogens is 204 g/mol. The lowest BCUT2D eigenvalue weighted by Gasteiger charge is -2.19. The Hall–Kier alpha value is -1.08. The minimum atomic E-state index is -0.737. The van der Waals surface area contributed by atoms with E-state index in [4.69, 9.17) is 10.4 Å². The molecule has 0 bridgehead atoms. The molecule has 0 aromatic carbocycles. The molecule has 0 radical (unpaired) electrons. The van der Waals surface area contributed by atoms with E-state index in [1.54, 1.807) is 0 Å². The first-order chi connectivity index (χ1) is 7.37. The lowest BCUT2D eigenvalue weighted by molar-refractivity contribution is -0.137. The molecule has 0 spiro atoms. The van der Waals surface area contributed by atoms with Gasteiger partial charge in [-0.3, -0.25) is 4.79 Å². The van der Waals surface area contributed by atoms with E-state index in [2.05, 4.69) is 11.0 Å². The van der Waals surface area contributed by atoms with Gasteiger partial charge in [-0.25, -0.2) is 0 Å². The van der Waals surface area contributed by atoms with Gasteiger partial charge in [-0.2, -0.15) is 5.26 Å². The molecule has 0 heterocycles. The molecule has 4 nitrogen and oxygen atoms in total. The molecule has 4 heteroatoms. The number of carboxylic acids is 1. The van der Waals surface area contributed by atoms with Crippen LogP contribution < -0.4 is 0 Å². The Kier molecular flexibility index (Phi) is 6.75. The van der Waals surface area contributed by atoms with Crippen LogP contribution in [0.1, 0.15) is 39.5 Å². The average molecular weight is 226 g/mol. The predicted molar refractivity (Wildman–Crippen MR) is 63.0 cm³/mol. The molecule has 0 atom stereocenters. The fourth-order valence-corrected chi connectivity index (χ4v) is 1.46. The van der Waals surface area contributed by atoms with E-state index in [0.717, 1.165) is 25.9 Å². The van der Waals surface area contributed by atoms with Crippen molar-refractivity contribution in [2.45, 2.75) is 39.5 Å². The molecule has 0 rings (SSSR count). The molecule has 16 heavy (non-hydrogen) atoms. The summed E-state index contributed by atoms with van der Waals surface area (Å²) in [5.74, 6) is -0.737. The summed E-state index contributed by atoms with van der Waals surface area (Å²) in [6, 6.07) is 2.28. The van der Waals surface area contributed by atoms with Gasteiger partial charge >= 0.3 is 5.97 Å². The highest BCUT2D eigenvalue weighted by atomic mass is 16.4. The van der Waals surface area contributed by atoms with Crippen molar-refractivity contribution in [3.05, 3.63) is 0 Å². The molecule has 0 aliphatic rings. The van der Waals surface area contributed by atoms with Gasteiger partial charge in [0, 0.05) is 6.42 Å². The number of hydrogen-bond acceptors (Lipinski definition) is 3. The highest BCUT2D eigenvalue weighted by Crippen LogP contribution is 2.20. The van der Waals surface area contributed by atoms with Crippen molar-refractivity contribution in [2.24, 2.45) is 5.41 Å². The lowest BCUT2D eigenvalue weighted by Crippen LogP contribution is -2.23. The van der Waals surface area contributed by atoms with Crippen molar-refractivity contribution in [1.29, 1.82) is 5.26 Å². The lowest BCUT2D eigenvalue weighted by atomic mass is 9.90. The van der Waals surface area contributed by atoms with Crippen LogP contribution in [0, 0.1) is 16.7 Å². The SMILES string of the molecule is CN(CCCC(=O)O)CCCC(C)(C)C#N. The molecule has 92 valence electrons. The van der Waals surface area contributed by atoms with Crippen LogP contribution in [0.25, 0.3) is 0 Å². The second-order valence-corrected chi connectivity index (χ2v) is 4.90. The third kappa shape index (κ3) is 8.25. The van der Waals surface area contributed by atoms with Gasteiger partial charge in [0.15, 0.2) is 0 Å². The maximum atomic E-state index is 10.3. The van der Waals surface area contributed by atoms with Crippen molar-refractivity contribution in [1.82, 2.24) is 4.90 Å². The van der Waals surface area contributed by atoms with Gasteiger partial charge in [-0.05, 0) is 53.2 Å². The van der Waals surface area contributed by atoms with E-state index < -0.39 is 5.97 Å². The number of carbonyl (C=O) groups is 1. The van der Waals surface area contributed by atoms with E-state index >= 15 is 0 Å². The van der Waals surface area contributed by atoms with Crippen LogP contribution in [0.3, 0.4) is 0 Å². The van der Waals surface area contributed by atoms with Crippen molar-refractivity contribution in [2.75, 3.05) is 20.1 Å². The molecule has 0 fully saturated rings. The Labute approximate surface area is 97.9 Å². The van der Waals surface area contributed by atoms with E-state index in [-0.39, 0.29) is 11.8 Å². The van der Waals surface area contributed by atoms with E-state index in [1.165, 1.54) is 0 Å². The summed E-state index contributed by atoms with van der Waals surface area (Å²) in [5.41, 5.74) is -0.248. The van der Waals surface area contributed by atoms with Gasteiger partial charge in [-0.1, -0.05) is 0 Å². The summed E-state index contributed by atoms with van der Waals surface area (Å²) in [7, 11) is 1.99. The second kappa shape index (κ2) is 7.24. The number of rotatable bonds is 8. The van der Waals surface area contributed by atoms with Crippen LogP contribution in [0.4, 0.5) is 0 Å². The molecule has 0 aliphatic heterocycles. The van der Waals surface area contributed by atoms with Gasteiger partial charge in [0.2, 0.25) is 0 Å². The highest BCUT2D eigenvalue weighted by molar-refractivity contribution is 5.66. The third-order valence-electron chi connectivity index (χ3n) is 2.57. The monoisotopic (exact) mass is 226 g/mol. The highest BCUT2D eigenvalue weighted by Gasteiger charge is 2.15. The quantitative estimate of drug-likeness (QED) is 0.688. The van der Waals surface area contributed by atoms with E-state index in [0.29, 0.717) is 6.42 Å². The fraction of sp³-hybridized carbons (Fsp3) is 0.833. The summed E-state index contributed by atoms with van der Waals surface area (Å²) in [6.45, 7) is 5.61. The Bertz CT molecular complexity index is 256. The average Bonchev–Trinajstić information content (AvgIpc) is 2.17. The van der Waals surface area contributed by atoms with Crippen molar-refractivity contribution in [3.63, 3.8) is 0 Å². The van der Waals surface area contributed by atoms with Gasteiger partial charge in [0.05, 0.1) is 11.5 Å². The van der Waals surface area contributed by atoms with Gasteiger partial charge in [0.1, 0.15) is 0 Å². The minimum absolute atomic E-state index is 0.230. The topological polar surface area (TPSA) is 64.3 Å². The molecule has 0 aliphatic carbocycles. The molecule has 0 saturated heterocycles. The standard InChI is InChI=1S/C12H22N2O2/c1-12(2,10-13)7-5-9-14(3)8-4-6-11(15)16/h4-9H2,1-3H3,(H,15,16). The third-order valence-corrected chi connectivity index (χ3v) is 2.57. The predicted octanol–water partition coefficient (Wildman–Crippen LogP) is 2.11. The first-order valence-electron chi connectivity index (χ1n) is 5.69. The van der Waals surface area contributed by atoms with Crippen LogP contribution in [-0.4, -0.2) is 36.1 Å². The number of nitriles is 1. The molecule has 1 N–H and O–H groups in total. The maximum absolute atomic E-state index is 10.3. The second-order valence-electron chi connectivity index (χ2n) is 4.90. The van der Waals surface area contributed by atoms with Gasteiger partial charge in [0.25, 0.3) is 0 Å². The zero-order valence-corrected chi connectivity index (χ0v) is 10.5. The zero-order valence-electron chi connectivity index (χ0n) is 10.5. The Morgan fingerprint density at radius 2 is 1.94 bits per heavy atom. The Balaban J connectivity index is 3.55. The van der Waals surface area contributed by atoms with Crippen molar-refractivity contribution < 1.29 is 9.90 Å². The summed E-state index contributed by atoms with van der Waals surface area (Å²) in [4.78, 5) is 12.4. The van der Waals surface area contributed by atoms with Crippen LogP contribution in [-0.2, 0) is 4.79 Å². The molecule has 0 amide bonds.